The molecule has 1 heterocycles. The molecule has 0 spiro atoms. The molecule has 0 bridgehead atoms. The third-order valence-corrected chi connectivity index (χ3v) is 3.87. The summed E-state index contributed by atoms with van der Waals surface area (Å²) in [5.41, 5.74) is 5.20. The van der Waals surface area contributed by atoms with E-state index in [1.54, 1.807) is 0 Å². The van der Waals surface area contributed by atoms with Crippen molar-refractivity contribution in [2.45, 2.75) is 20.4 Å². The fourth-order valence-corrected chi connectivity index (χ4v) is 2.47. The molecule has 0 radical (unpaired) electrons. The molecule has 1 N–H and O–H groups in total. The molecule has 0 atom stereocenters. The van der Waals surface area contributed by atoms with Crippen LogP contribution in [0, 0.1) is 13.8 Å². The lowest BCUT2D eigenvalue weighted by Crippen LogP contribution is -2.02. The van der Waals surface area contributed by atoms with Crippen molar-refractivity contribution in [3.63, 3.8) is 0 Å². The van der Waals surface area contributed by atoms with Gasteiger partial charge in [-0.1, -0.05) is 30.3 Å². The molecule has 20 heavy (non-hydrogen) atoms. The first-order chi connectivity index (χ1) is 9.75. The summed E-state index contributed by atoms with van der Waals surface area (Å²) in [6.07, 6.45) is 3.74. The zero-order chi connectivity index (χ0) is 13.9. The molecule has 0 aliphatic carbocycles. The Morgan fingerprint density at radius 3 is 2.75 bits per heavy atom. The van der Waals surface area contributed by atoms with Crippen LogP contribution in [0.3, 0.4) is 0 Å². The normalized spacial score (nSPS) is 10.7. The molecule has 100 valence electrons. The second kappa shape index (κ2) is 5.33. The number of anilines is 1. The van der Waals surface area contributed by atoms with Gasteiger partial charge in [-0.2, -0.15) is 0 Å². The maximum Gasteiger partial charge on any atom is 0.0423 e. The minimum absolute atomic E-state index is 0.842. The van der Waals surface area contributed by atoms with Gasteiger partial charge < -0.3 is 5.32 Å². The molecule has 2 heteroatoms. The third-order valence-electron chi connectivity index (χ3n) is 3.87. The molecule has 2 nitrogen and oxygen atoms in total. The van der Waals surface area contributed by atoms with Crippen molar-refractivity contribution in [3.05, 3.63) is 71.5 Å². The van der Waals surface area contributed by atoms with Crippen LogP contribution in [0.25, 0.3) is 10.8 Å². The number of aromatic nitrogens is 1. The van der Waals surface area contributed by atoms with Crippen LogP contribution in [0.2, 0.25) is 0 Å². The zero-order valence-corrected chi connectivity index (χ0v) is 11.9. The summed E-state index contributed by atoms with van der Waals surface area (Å²) in [5.74, 6) is 0. The van der Waals surface area contributed by atoms with Crippen molar-refractivity contribution in [1.82, 2.24) is 4.98 Å². The average molecular weight is 262 g/mol. The highest BCUT2D eigenvalue weighted by molar-refractivity contribution is 5.93. The van der Waals surface area contributed by atoms with Crippen molar-refractivity contribution in [2.75, 3.05) is 5.32 Å². The summed E-state index contributed by atoms with van der Waals surface area (Å²) >= 11 is 0. The molecular weight excluding hydrogens is 244 g/mol. The van der Waals surface area contributed by atoms with Crippen LogP contribution in [0.1, 0.15) is 16.7 Å². The summed E-state index contributed by atoms with van der Waals surface area (Å²) in [4.78, 5) is 4.17. The van der Waals surface area contributed by atoms with Crippen LogP contribution in [-0.4, -0.2) is 4.98 Å². The van der Waals surface area contributed by atoms with Crippen LogP contribution in [0.4, 0.5) is 5.69 Å². The van der Waals surface area contributed by atoms with Gasteiger partial charge in [0.1, 0.15) is 0 Å². The van der Waals surface area contributed by atoms with Crippen LogP contribution in [-0.2, 0) is 6.54 Å². The number of pyridine rings is 1. The van der Waals surface area contributed by atoms with E-state index in [0.717, 1.165) is 12.2 Å². The summed E-state index contributed by atoms with van der Waals surface area (Å²) in [6, 6.07) is 14.8. The Kier molecular flexibility index (Phi) is 3.38. The zero-order valence-electron chi connectivity index (χ0n) is 11.9. The lowest BCUT2D eigenvalue weighted by Gasteiger charge is -2.12. The monoisotopic (exact) mass is 262 g/mol. The second-order valence-corrected chi connectivity index (χ2v) is 5.11. The molecule has 0 saturated heterocycles. The lowest BCUT2D eigenvalue weighted by molar-refractivity contribution is 1.11. The summed E-state index contributed by atoms with van der Waals surface area (Å²) in [6.45, 7) is 5.18. The predicted molar refractivity (Wildman–Crippen MR) is 85.0 cm³/mol. The highest BCUT2D eigenvalue weighted by Crippen LogP contribution is 2.23. The van der Waals surface area contributed by atoms with Crippen molar-refractivity contribution >= 4 is 16.5 Å². The van der Waals surface area contributed by atoms with Crippen LogP contribution in [0.5, 0.6) is 0 Å². The SMILES string of the molecule is Cc1cccc(CNc2cccc3cnccc23)c1C. The average Bonchev–Trinajstić information content (AvgIpc) is 2.49. The van der Waals surface area contributed by atoms with Crippen molar-refractivity contribution in [2.24, 2.45) is 0 Å². The summed E-state index contributed by atoms with van der Waals surface area (Å²) in [5, 5.41) is 5.93. The van der Waals surface area contributed by atoms with Crippen LogP contribution >= 0.6 is 0 Å². The lowest BCUT2D eigenvalue weighted by atomic mass is 10.0. The first-order valence-electron chi connectivity index (χ1n) is 6.87. The van der Waals surface area contributed by atoms with Gasteiger partial charge >= 0.3 is 0 Å². The summed E-state index contributed by atoms with van der Waals surface area (Å²) < 4.78 is 0. The van der Waals surface area contributed by atoms with E-state index < -0.39 is 0 Å². The quantitative estimate of drug-likeness (QED) is 0.753. The number of hydrogen-bond donors (Lipinski definition) is 1. The topological polar surface area (TPSA) is 24.9 Å². The molecule has 2 aromatic carbocycles. The van der Waals surface area contributed by atoms with E-state index in [9.17, 15) is 0 Å². The number of nitrogens with zero attached hydrogens (tertiary/aromatic N) is 1. The molecule has 1 aromatic heterocycles. The maximum absolute atomic E-state index is 4.17. The fourth-order valence-electron chi connectivity index (χ4n) is 2.47. The molecule has 0 unspecified atom stereocenters. The van der Waals surface area contributed by atoms with E-state index in [0.29, 0.717) is 0 Å². The highest BCUT2D eigenvalue weighted by atomic mass is 14.9. The van der Waals surface area contributed by atoms with E-state index in [2.05, 4.69) is 66.6 Å². The van der Waals surface area contributed by atoms with Gasteiger partial charge in [-0.3, -0.25) is 4.98 Å². The number of aryl methyl sites for hydroxylation is 1. The smallest absolute Gasteiger partial charge is 0.0423 e. The minimum Gasteiger partial charge on any atom is -0.380 e. The number of nitrogens with one attached hydrogen (secondary N) is 1. The van der Waals surface area contributed by atoms with Gasteiger partial charge in [0.05, 0.1) is 0 Å². The Balaban J connectivity index is 1.89. The van der Waals surface area contributed by atoms with E-state index in [1.165, 1.54) is 27.5 Å². The molecule has 0 amide bonds. The Morgan fingerprint density at radius 1 is 1.00 bits per heavy atom. The summed E-state index contributed by atoms with van der Waals surface area (Å²) in [7, 11) is 0. The van der Waals surface area contributed by atoms with Gasteiger partial charge in [0, 0.05) is 35.4 Å². The molecule has 0 saturated carbocycles. The highest BCUT2D eigenvalue weighted by Gasteiger charge is 2.03. The Bertz CT molecular complexity index is 742. The van der Waals surface area contributed by atoms with Gasteiger partial charge in [0.15, 0.2) is 0 Å². The number of rotatable bonds is 3. The Labute approximate surface area is 119 Å². The Hall–Kier alpha value is -2.35. The fraction of sp³-hybridized carbons (Fsp3) is 0.167. The number of benzene rings is 2. The number of hydrogen-bond acceptors (Lipinski definition) is 2. The van der Waals surface area contributed by atoms with E-state index in [4.69, 9.17) is 0 Å². The van der Waals surface area contributed by atoms with Gasteiger partial charge in [-0.25, -0.2) is 0 Å². The van der Waals surface area contributed by atoms with E-state index >= 15 is 0 Å². The van der Waals surface area contributed by atoms with Crippen molar-refractivity contribution in [3.8, 4) is 0 Å². The first kappa shape index (κ1) is 12.7. The molecule has 3 aromatic rings. The minimum atomic E-state index is 0.842. The van der Waals surface area contributed by atoms with Gasteiger partial charge in [-0.15, -0.1) is 0 Å². The van der Waals surface area contributed by atoms with Crippen molar-refractivity contribution in [1.29, 1.82) is 0 Å². The molecular formula is C18H18N2. The van der Waals surface area contributed by atoms with Crippen LogP contribution < -0.4 is 5.32 Å². The van der Waals surface area contributed by atoms with E-state index in [-0.39, 0.29) is 0 Å². The molecule has 0 fully saturated rings. The second-order valence-electron chi connectivity index (χ2n) is 5.11. The van der Waals surface area contributed by atoms with Gasteiger partial charge in [0.25, 0.3) is 0 Å². The van der Waals surface area contributed by atoms with Gasteiger partial charge in [-0.05, 0) is 42.7 Å². The van der Waals surface area contributed by atoms with Gasteiger partial charge in [0.2, 0.25) is 0 Å². The van der Waals surface area contributed by atoms with E-state index in [1.807, 2.05) is 12.4 Å². The molecule has 0 aliphatic heterocycles. The molecule has 0 aliphatic rings. The third kappa shape index (κ3) is 2.37. The first-order valence-corrected chi connectivity index (χ1v) is 6.87. The standard InChI is InChI=1S/C18H18N2/c1-13-5-3-6-15(14(13)2)12-20-18-8-4-7-16-11-19-10-9-17(16)18/h3-11,20H,12H2,1-2H3. The van der Waals surface area contributed by atoms with Crippen molar-refractivity contribution < 1.29 is 0 Å². The van der Waals surface area contributed by atoms with Crippen LogP contribution in [0.15, 0.2) is 54.9 Å². The largest absolute Gasteiger partial charge is 0.380 e. The molecule has 3 rings (SSSR count). The Morgan fingerprint density at radius 2 is 1.85 bits per heavy atom. The maximum atomic E-state index is 4.17. The predicted octanol–water partition coefficient (Wildman–Crippen LogP) is 4.46. The number of fused-ring (bicyclic) bond motifs is 1.